The molecule has 0 spiro atoms. The first-order valence-electron chi connectivity index (χ1n) is 9.00. The highest BCUT2D eigenvalue weighted by Crippen LogP contribution is 2.22. The monoisotopic (exact) mass is 398 g/mol. The van der Waals surface area contributed by atoms with Gasteiger partial charge in [0.2, 0.25) is 23.4 Å². The molecule has 0 aliphatic rings. The minimum Gasteiger partial charge on any atom is -0.339 e. The average molecular weight is 398 g/mol. The van der Waals surface area contributed by atoms with Gasteiger partial charge in [-0.05, 0) is 23.6 Å². The van der Waals surface area contributed by atoms with E-state index >= 15 is 0 Å². The van der Waals surface area contributed by atoms with Crippen molar-refractivity contribution in [3.63, 3.8) is 0 Å². The van der Waals surface area contributed by atoms with Gasteiger partial charge < -0.3 is 9.84 Å². The van der Waals surface area contributed by atoms with Gasteiger partial charge in [0, 0.05) is 30.2 Å². The Morgan fingerprint density at radius 1 is 1.24 bits per heavy atom. The van der Waals surface area contributed by atoms with Gasteiger partial charge >= 0.3 is 5.69 Å². The SMILES string of the molecule is CC(C)c1ccc(-c2noc(CCC(=O)Nc3ccc(F)c([N+](=O)[O-])c3)n2)cc1. The minimum absolute atomic E-state index is 0.0269. The lowest BCUT2D eigenvalue weighted by molar-refractivity contribution is -0.387. The molecule has 0 bridgehead atoms. The molecule has 0 unspecified atom stereocenters. The van der Waals surface area contributed by atoms with E-state index in [2.05, 4.69) is 29.3 Å². The molecule has 0 aliphatic heterocycles. The van der Waals surface area contributed by atoms with E-state index in [1.54, 1.807) is 0 Å². The second-order valence-corrected chi connectivity index (χ2v) is 6.76. The van der Waals surface area contributed by atoms with Crippen molar-refractivity contribution in [1.82, 2.24) is 10.1 Å². The number of rotatable bonds is 7. The number of amides is 1. The summed E-state index contributed by atoms with van der Waals surface area (Å²) in [6.07, 6.45) is 0.227. The van der Waals surface area contributed by atoms with Gasteiger partial charge in [0.05, 0.1) is 4.92 Å². The Kier molecular flexibility index (Phi) is 5.96. The summed E-state index contributed by atoms with van der Waals surface area (Å²) in [6.45, 7) is 4.22. The number of aromatic nitrogens is 2. The van der Waals surface area contributed by atoms with Crippen molar-refractivity contribution in [1.29, 1.82) is 0 Å². The number of aryl methyl sites for hydroxylation is 1. The lowest BCUT2D eigenvalue weighted by Crippen LogP contribution is -2.12. The molecule has 9 heteroatoms. The van der Waals surface area contributed by atoms with Gasteiger partial charge in [-0.2, -0.15) is 9.37 Å². The van der Waals surface area contributed by atoms with Crippen LogP contribution in [0.5, 0.6) is 0 Å². The maximum absolute atomic E-state index is 13.3. The first-order valence-corrected chi connectivity index (χ1v) is 9.00. The quantitative estimate of drug-likeness (QED) is 0.464. The van der Waals surface area contributed by atoms with Gasteiger partial charge in [-0.25, -0.2) is 0 Å². The van der Waals surface area contributed by atoms with Gasteiger partial charge in [-0.15, -0.1) is 0 Å². The summed E-state index contributed by atoms with van der Waals surface area (Å²) < 4.78 is 18.5. The van der Waals surface area contributed by atoms with Crippen LogP contribution in [0, 0.1) is 15.9 Å². The largest absolute Gasteiger partial charge is 0.339 e. The number of nitrogens with zero attached hydrogens (tertiary/aromatic N) is 3. The highest BCUT2D eigenvalue weighted by molar-refractivity contribution is 5.91. The third-order valence-electron chi connectivity index (χ3n) is 4.30. The Morgan fingerprint density at radius 2 is 1.97 bits per heavy atom. The molecule has 3 aromatic rings. The van der Waals surface area contributed by atoms with Gasteiger partial charge in [0.15, 0.2) is 0 Å². The number of halogens is 1. The van der Waals surface area contributed by atoms with Crippen molar-refractivity contribution in [2.24, 2.45) is 0 Å². The fraction of sp³-hybridized carbons (Fsp3) is 0.250. The Labute approximate surface area is 165 Å². The molecule has 1 aromatic heterocycles. The van der Waals surface area contributed by atoms with Crippen LogP contribution < -0.4 is 5.32 Å². The van der Waals surface area contributed by atoms with Crippen LogP contribution in [0.3, 0.4) is 0 Å². The summed E-state index contributed by atoms with van der Waals surface area (Å²) in [5.41, 5.74) is 1.45. The molecule has 0 saturated carbocycles. The first-order chi connectivity index (χ1) is 13.8. The van der Waals surface area contributed by atoms with Crippen LogP contribution in [-0.2, 0) is 11.2 Å². The molecular weight excluding hydrogens is 379 g/mol. The number of hydrogen-bond acceptors (Lipinski definition) is 6. The van der Waals surface area contributed by atoms with Crippen LogP contribution in [0.1, 0.15) is 37.6 Å². The van der Waals surface area contributed by atoms with E-state index in [1.807, 2.05) is 24.3 Å². The average Bonchev–Trinajstić information content (AvgIpc) is 3.17. The van der Waals surface area contributed by atoms with Gasteiger partial charge in [-0.1, -0.05) is 43.3 Å². The molecule has 1 amide bonds. The molecule has 3 rings (SSSR count). The number of hydrogen-bond donors (Lipinski definition) is 1. The van der Waals surface area contributed by atoms with Gasteiger partial charge in [0.25, 0.3) is 0 Å². The van der Waals surface area contributed by atoms with Crippen LogP contribution in [0.15, 0.2) is 47.0 Å². The lowest BCUT2D eigenvalue weighted by atomic mass is 10.0. The topological polar surface area (TPSA) is 111 Å². The summed E-state index contributed by atoms with van der Waals surface area (Å²) in [5.74, 6) is -0.219. The smallest absolute Gasteiger partial charge is 0.306 e. The van der Waals surface area contributed by atoms with Gasteiger partial charge in [0.1, 0.15) is 0 Å². The van der Waals surface area contributed by atoms with E-state index in [-0.39, 0.29) is 18.5 Å². The minimum atomic E-state index is -0.965. The van der Waals surface area contributed by atoms with Crippen molar-refractivity contribution in [2.75, 3.05) is 5.32 Å². The van der Waals surface area contributed by atoms with E-state index < -0.39 is 22.3 Å². The number of benzene rings is 2. The Bertz CT molecular complexity index is 1030. The molecule has 1 N–H and O–H groups in total. The fourth-order valence-corrected chi connectivity index (χ4v) is 2.67. The number of nitro benzene ring substituents is 1. The molecule has 0 radical (unpaired) electrons. The summed E-state index contributed by atoms with van der Waals surface area (Å²) in [4.78, 5) is 26.3. The Morgan fingerprint density at radius 3 is 2.62 bits per heavy atom. The molecular formula is C20H19FN4O4. The zero-order valence-corrected chi connectivity index (χ0v) is 15.9. The lowest BCUT2D eigenvalue weighted by Gasteiger charge is -2.04. The van der Waals surface area contributed by atoms with Crippen LogP contribution in [0.4, 0.5) is 15.8 Å². The third-order valence-corrected chi connectivity index (χ3v) is 4.30. The second-order valence-electron chi connectivity index (χ2n) is 6.76. The molecule has 150 valence electrons. The predicted molar refractivity (Wildman–Crippen MR) is 104 cm³/mol. The van der Waals surface area contributed by atoms with E-state index in [4.69, 9.17) is 4.52 Å². The fourth-order valence-electron chi connectivity index (χ4n) is 2.67. The molecule has 0 fully saturated rings. The molecule has 0 aliphatic carbocycles. The summed E-state index contributed by atoms with van der Waals surface area (Å²) in [6, 6.07) is 11.0. The zero-order chi connectivity index (χ0) is 21.0. The Balaban J connectivity index is 1.59. The zero-order valence-electron chi connectivity index (χ0n) is 15.9. The van der Waals surface area contributed by atoms with Crippen molar-refractivity contribution in [3.8, 4) is 11.4 Å². The highest BCUT2D eigenvalue weighted by Gasteiger charge is 2.16. The first kappa shape index (κ1) is 20.1. The maximum Gasteiger partial charge on any atom is 0.306 e. The summed E-state index contributed by atoms with van der Waals surface area (Å²) >= 11 is 0. The van der Waals surface area contributed by atoms with Crippen LogP contribution >= 0.6 is 0 Å². The molecule has 2 aromatic carbocycles. The Hall–Kier alpha value is -3.62. The number of nitro groups is 1. The number of carbonyl (C=O) groups excluding carboxylic acids is 1. The van der Waals surface area contributed by atoms with Crippen LogP contribution in [-0.4, -0.2) is 21.0 Å². The van der Waals surface area contributed by atoms with E-state index in [9.17, 15) is 19.3 Å². The molecule has 0 atom stereocenters. The third kappa shape index (κ3) is 5.01. The van der Waals surface area contributed by atoms with Crippen molar-refractivity contribution < 1.29 is 18.6 Å². The molecule has 0 saturated heterocycles. The van der Waals surface area contributed by atoms with E-state index in [1.165, 1.54) is 11.6 Å². The second kappa shape index (κ2) is 8.59. The van der Waals surface area contributed by atoms with E-state index in [0.717, 1.165) is 17.7 Å². The molecule has 8 nitrogen and oxygen atoms in total. The standard InChI is InChI=1S/C20H19FN4O4/c1-12(2)13-3-5-14(6-4-13)20-23-19(29-24-20)10-9-18(26)22-15-7-8-16(21)17(11-15)25(27)28/h3-8,11-12H,9-10H2,1-2H3,(H,22,26). The van der Waals surface area contributed by atoms with Crippen LogP contribution in [0.25, 0.3) is 11.4 Å². The number of carbonyl (C=O) groups is 1. The van der Waals surface area contributed by atoms with Crippen molar-refractivity contribution in [2.45, 2.75) is 32.6 Å². The highest BCUT2D eigenvalue weighted by atomic mass is 19.1. The number of anilines is 1. The molecule has 1 heterocycles. The molecule has 29 heavy (non-hydrogen) atoms. The van der Waals surface area contributed by atoms with Gasteiger partial charge in [-0.3, -0.25) is 14.9 Å². The van der Waals surface area contributed by atoms with Crippen molar-refractivity contribution >= 4 is 17.3 Å². The van der Waals surface area contributed by atoms with Crippen LogP contribution in [0.2, 0.25) is 0 Å². The number of nitrogens with one attached hydrogen (secondary N) is 1. The normalized spacial score (nSPS) is 10.9. The summed E-state index contributed by atoms with van der Waals surface area (Å²) in [5, 5.41) is 17.2. The predicted octanol–water partition coefficient (Wildman–Crippen LogP) is 4.48. The van der Waals surface area contributed by atoms with E-state index in [0.29, 0.717) is 17.6 Å². The maximum atomic E-state index is 13.3. The summed E-state index contributed by atoms with van der Waals surface area (Å²) in [7, 11) is 0. The van der Waals surface area contributed by atoms with Crippen molar-refractivity contribution in [3.05, 3.63) is 69.9 Å².